The molecule has 0 spiro atoms. The number of hydrogen-bond donors (Lipinski definition) is 1. The average molecular weight is 287 g/mol. The molecule has 0 bridgehead atoms. The van der Waals surface area contributed by atoms with E-state index in [2.05, 4.69) is 14.5 Å². The maximum Gasteiger partial charge on any atom is 0.335 e. The molecule has 0 saturated heterocycles. The summed E-state index contributed by atoms with van der Waals surface area (Å²) in [7, 11) is 2.47. The average Bonchev–Trinajstić information content (AvgIpc) is 2.74. The number of rotatable bonds is 2. The van der Waals surface area contributed by atoms with Crippen LogP contribution in [0.2, 0.25) is 0 Å². The first-order valence-corrected chi connectivity index (χ1v) is 6.54. The molecule has 1 atom stereocenters. The van der Waals surface area contributed by atoms with Gasteiger partial charge >= 0.3 is 16.8 Å². The zero-order valence-electron chi connectivity index (χ0n) is 9.51. The van der Waals surface area contributed by atoms with Gasteiger partial charge in [0.15, 0.2) is 0 Å². The molecule has 6 nitrogen and oxygen atoms in total. The van der Waals surface area contributed by atoms with Crippen molar-refractivity contribution in [3.8, 4) is 0 Å². The topological polar surface area (TPSA) is 85.5 Å². The molecule has 1 aliphatic rings. The predicted molar refractivity (Wildman–Crippen MR) is 66.6 cm³/mol. The van der Waals surface area contributed by atoms with Gasteiger partial charge in [-0.25, -0.2) is 4.79 Å². The molecule has 0 radical (unpaired) electrons. The summed E-state index contributed by atoms with van der Waals surface area (Å²) < 4.78 is 9.26. The maximum atomic E-state index is 11.6. The van der Waals surface area contributed by atoms with Crippen molar-refractivity contribution in [2.75, 3.05) is 14.2 Å². The zero-order valence-corrected chi connectivity index (χ0v) is 11.1. The number of H-pyrrole nitrogens is 1. The molecule has 2 heterocycles. The van der Waals surface area contributed by atoms with E-state index in [9.17, 15) is 14.4 Å². The Morgan fingerprint density at radius 2 is 2.06 bits per heavy atom. The molecule has 0 aliphatic carbocycles. The minimum atomic E-state index is -0.819. The standard InChI is InChI=1S/C10H9NO5S2/c1-15-8(12)4-3-5-7(11-10(14)17-5)18-6(4)9(13)16-2/h3,6H,1-2H3,(H,11,14)/t6-/m1/s1. The van der Waals surface area contributed by atoms with Crippen LogP contribution in [-0.4, -0.2) is 36.4 Å². The predicted octanol–water partition coefficient (Wildman–Crippen LogP) is 0.640. The highest BCUT2D eigenvalue weighted by Gasteiger charge is 2.35. The highest BCUT2D eigenvalue weighted by molar-refractivity contribution is 8.01. The Bertz CT molecular complexity index is 585. The van der Waals surface area contributed by atoms with Gasteiger partial charge in [-0.05, 0) is 6.08 Å². The number of fused-ring (bicyclic) bond motifs is 1. The molecule has 1 aromatic rings. The molecule has 0 aromatic carbocycles. The van der Waals surface area contributed by atoms with Crippen molar-refractivity contribution < 1.29 is 19.1 Å². The second-order valence-corrected chi connectivity index (χ2v) is 5.45. The minimum absolute atomic E-state index is 0.178. The zero-order chi connectivity index (χ0) is 13.3. The van der Waals surface area contributed by atoms with Crippen molar-refractivity contribution in [2.45, 2.75) is 10.3 Å². The first-order chi connectivity index (χ1) is 8.56. The molecule has 1 N–H and O–H groups in total. The van der Waals surface area contributed by atoms with Crippen LogP contribution in [0.3, 0.4) is 0 Å². The van der Waals surface area contributed by atoms with Gasteiger partial charge in [0.2, 0.25) is 0 Å². The van der Waals surface area contributed by atoms with Crippen LogP contribution in [0, 0.1) is 0 Å². The van der Waals surface area contributed by atoms with E-state index >= 15 is 0 Å². The van der Waals surface area contributed by atoms with E-state index in [-0.39, 0.29) is 10.4 Å². The summed E-state index contributed by atoms with van der Waals surface area (Å²) in [5.74, 6) is -1.17. The lowest BCUT2D eigenvalue weighted by molar-refractivity contribution is -0.142. The number of thiazole rings is 1. The molecular formula is C10H9NO5S2. The van der Waals surface area contributed by atoms with Gasteiger partial charge in [-0.15, -0.1) is 0 Å². The van der Waals surface area contributed by atoms with Crippen LogP contribution < -0.4 is 4.87 Å². The Kier molecular flexibility index (Phi) is 3.58. The van der Waals surface area contributed by atoms with Gasteiger partial charge in [0.25, 0.3) is 0 Å². The van der Waals surface area contributed by atoms with Crippen molar-refractivity contribution >= 4 is 41.1 Å². The molecule has 0 unspecified atom stereocenters. The number of thioether (sulfide) groups is 1. The maximum absolute atomic E-state index is 11.6. The van der Waals surface area contributed by atoms with Gasteiger partial charge in [0, 0.05) is 0 Å². The van der Waals surface area contributed by atoms with Gasteiger partial charge in [-0.2, -0.15) is 0 Å². The van der Waals surface area contributed by atoms with Crippen molar-refractivity contribution in [1.82, 2.24) is 4.98 Å². The number of carbonyl (C=O) groups excluding carboxylic acids is 2. The Morgan fingerprint density at radius 3 is 2.67 bits per heavy atom. The summed E-state index contributed by atoms with van der Waals surface area (Å²) in [6.45, 7) is 0. The van der Waals surface area contributed by atoms with Gasteiger partial charge in [-0.1, -0.05) is 23.1 Å². The monoisotopic (exact) mass is 287 g/mol. The van der Waals surface area contributed by atoms with Crippen LogP contribution in [0.4, 0.5) is 0 Å². The lowest BCUT2D eigenvalue weighted by Gasteiger charge is -2.19. The van der Waals surface area contributed by atoms with E-state index < -0.39 is 17.2 Å². The van der Waals surface area contributed by atoms with E-state index in [1.807, 2.05) is 0 Å². The number of esters is 2. The van der Waals surface area contributed by atoms with Crippen LogP contribution in [0.5, 0.6) is 0 Å². The van der Waals surface area contributed by atoms with Crippen LogP contribution >= 0.6 is 23.1 Å². The summed E-state index contributed by atoms with van der Waals surface area (Å²) in [6, 6.07) is 0. The second-order valence-electron chi connectivity index (χ2n) is 3.32. The van der Waals surface area contributed by atoms with E-state index in [0.29, 0.717) is 9.90 Å². The van der Waals surface area contributed by atoms with Crippen molar-refractivity contribution in [3.05, 3.63) is 20.1 Å². The molecule has 0 saturated carbocycles. The van der Waals surface area contributed by atoms with Crippen LogP contribution in [0.25, 0.3) is 6.08 Å². The lowest BCUT2D eigenvalue weighted by Crippen LogP contribution is -2.27. The van der Waals surface area contributed by atoms with Gasteiger partial charge < -0.3 is 14.5 Å². The van der Waals surface area contributed by atoms with Crippen molar-refractivity contribution in [1.29, 1.82) is 0 Å². The van der Waals surface area contributed by atoms with Crippen molar-refractivity contribution in [2.24, 2.45) is 0 Å². The summed E-state index contributed by atoms with van der Waals surface area (Å²) in [5, 5.41) is -0.256. The number of hydrogen-bond acceptors (Lipinski definition) is 7. The fourth-order valence-corrected chi connectivity index (χ4v) is 3.54. The van der Waals surface area contributed by atoms with Crippen LogP contribution in [-0.2, 0) is 19.1 Å². The van der Waals surface area contributed by atoms with E-state index in [0.717, 1.165) is 23.1 Å². The number of aromatic amines is 1. The van der Waals surface area contributed by atoms with Gasteiger partial charge in [0.1, 0.15) is 5.25 Å². The fraction of sp³-hybridized carbons (Fsp3) is 0.300. The minimum Gasteiger partial charge on any atom is -0.468 e. The normalized spacial score (nSPS) is 17.7. The van der Waals surface area contributed by atoms with Crippen molar-refractivity contribution in [3.63, 3.8) is 0 Å². The number of aromatic nitrogens is 1. The molecule has 1 aliphatic heterocycles. The first-order valence-electron chi connectivity index (χ1n) is 4.84. The third-order valence-electron chi connectivity index (χ3n) is 2.28. The molecule has 96 valence electrons. The van der Waals surface area contributed by atoms with E-state index in [1.165, 1.54) is 20.3 Å². The Morgan fingerprint density at radius 1 is 1.33 bits per heavy atom. The summed E-state index contributed by atoms with van der Waals surface area (Å²) >= 11 is 2.05. The Balaban J connectivity index is 2.48. The number of carbonyl (C=O) groups is 2. The highest BCUT2D eigenvalue weighted by Crippen LogP contribution is 2.38. The van der Waals surface area contributed by atoms with Crippen LogP contribution in [0.15, 0.2) is 15.4 Å². The summed E-state index contributed by atoms with van der Waals surface area (Å²) in [5.41, 5.74) is 0.178. The first kappa shape index (κ1) is 12.9. The fourth-order valence-electron chi connectivity index (χ4n) is 1.47. The molecule has 2 rings (SSSR count). The molecule has 0 fully saturated rings. The lowest BCUT2D eigenvalue weighted by atomic mass is 10.1. The van der Waals surface area contributed by atoms with E-state index in [4.69, 9.17) is 0 Å². The Hall–Kier alpha value is -1.54. The summed E-state index contributed by atoms with van der Waals surface area (Å²) in [4.78, 5) is 37.5. The largest absolute Gasteiger partial charge is 0.468 e. The highest BCUT2D eigenvalue weighted by atomic mass is 32.2. The molecule has 8 heteroatoms. The quantitative estimate of drug-likeness (QED) is 0.803. The van der Waals surface area contributed by atoms with Gasteiger partial charge in [-0.3, -0.25) is 9.59 Å². The third-order valence-corrected chi connectivity index (χ3v) is 4.48. The number of methoxy groups -OCH3 is 2. The Labute approximate surface area is 110 Å². The molecule has 0 amide bonds. The SMILES string of the molecule is COC(=O)C1=Cc2sc(=O)[nH]c2S[C@H]1C(=O)OC. The molecule has 1 aromatic heterocycles. The second kappa shape index (κ2) is 4.99. The van der Waals surface area contributed by atoms with Gasteiger partial charge in [0.05, 0.1) is 29.7 Å². The third kappa shape index (κ3) is 2.21. The van der Waals surface area contributed by atoms with Crippen LogP contribution in [0.1, 0.15) is 4.88 Å². The number of ether oxygens (including phenoxy) is 2. The molecule has 18 heavy (non-hydrogen) atoms. The van der Waals surface area contributed by atoms with E-state index in [1.54, 1.807) is 0 Å². The molecular weight excluding hydrogens is 278 g/mol. The smallest absolute Gasteiger partial charge is 0.335 e. The number of nitrogens with one attached hydrogen (secondary N) is 1. The summed E-state index contributed by atoms with van der Waals surface area (Å²) in [6.07, 6.45) is 1.49.